The summed E-state index contributed by atoms with van der Waals surface area (Å²) in [5.41, 5.74) is 5.84. The molecule has 1 saturated heterocycles. The van der Waals surface area contributed by atoms with E-state index in [1.807, 2.05) is 59.4 Å². The summed E-state index contributed by atoms with van der Waals surface area (Å²) in [5, 5.41) is 14.7. The molecule has 1 atom stereocenters. The molecule has 7 rings (SSSR count). The summed E-state index contributed by atoms with van der Waals surface area (Å²) in [5.74, 6) is -1.33. The maximum atomic E-state index is 14.1. The van der Waals surface area contributed by atoms with Gasteiger partial charge in [0.05, 0.1) is 19.3 Å². The number of benzene rings is 4. The fraction of sp³-hybridized carbons (Fsp3) is 0.234. The predicted octanol–water partition coefficient (Wildman–Crippen LogP) is 9.11. The molecule has 2 aromatic heterocycles. The minimum Gasteiger partial charge on any atom is -0.505 e. The molecule has 1 aliphatic heterocycles. The van der Waals surface area contributed by atoms with Gasteiger partial charge in [0.1, 0.15) is 6.61 Å². The Kier molecular flexibility index (Phi) is 17.5. The van der Waals surface area contributed by atoms with Crippen LogP contribution in [0.25, 0.3) is 12.2 Å². The molecule has 3 N–H and O–H groups in total. The van der Waals surface area contributed by atoms with E-state index >= 15 is 0 Å². The zero-order chi connectivity index (χ0) is 43.0. The first-order valence-electron chi connectivity index (χ1n) is 19.8. The average Bonchev–Trinajstić information content (AvgIpc) is 3.88. The smallest absolute Gasteiger partial charge is 0.249 e. The van der Waals surface area contributed by atoms with E-state index in [0.29, 0.717) is 49.1 Å². The summed E-state index contributed by atoms with van der Waals surface area (Å²) >= 11 is 0. The number of aromatic nitrogens is 4. The van der Waals surface area contributed by atoms with Crippen molar-refractivity contribution in [2.24, 2.45) is 0 Å². The molecule has 1 aliphatic rings. The van der Waals surface area contributed by atoms with Gasteiger partial charge in [-0.15, -0.1) is 12.4 Å². The molecule has 324 valence electrons. The molecule has 0 spiro atoms. The molecule has 0 aliphatic carbocycles. The minimum atomic E-state index is -0.703. The van der Waals surface area contributed by atoms with Gasteiger partial charge in [0, 0.05) is 44.2 Å². The summed E-state index contributed by atoms with van der Waals surface area (Å²) in [6.07, 6.45) is 15.4. The van der Waals surface area contributed by atoms with Crippen molar-refractivity contribution >= 4 is 48.0 Å². The Labute approximate surface area is 365 Å². The normalized spacial score (nSPS) is 13.6. The lowest BCUT2D eigenvalue weighted by Gasteiger charge is -2.22. The molecule has 3 heterocycles. The summed E-state index contributed by atoms with van der Waals surface area (Å²) in [4.78, 5) is 32.7. The fourth-order valence-corrected chi connectivity index (χ4v) is 6.29. The van der Waals surface area contributed by atoms with Gasteiger partial charge in [0.2, 0.25) is 11.8 Å². The van der Waals surface area contributed by atoms with Crippen molar-refractivity contribution in [1.82, 2.24) is 19.1 Å². The molecular weight excluding hydrogens is 818 g/mol. The highest BCUT2D eigenvalue weighted by Crippen LogP contribution is 2.21. The monoisotopic (exact) mass is 866 g/mol. The number of imidazole rings is 2. The minimum absolute atomic E-state index is 0. The molecule has 12 nitrogen and oxygen atoms in total. The maximum absolute atomic E-state index is 14.1. The maximum Gasteiger partial charge on any atom is 0.249 e. The van der Waals surface area contributed by atoms with Crippen molar-refractivity contribution in [2.75, 3.05) is 30.5 Å². The molecular formula is C47H49ClF2N6O6. The molecule has 2 amide bonds. The van der Waals surface area contributed by atoms with Crippen LogP contribution in [0.1, 0.15) is 52.6 Å². The van der Waals surface area contributed by atoms with Crippen molar-refractivity contribution in [2.45, 2.75) is 52.5 Å². The number of aromatic hydroxyl groups is 1. The number of nitrogens with one attached hydrogen (secondary N) is 2. The van der Waals surface area contributed by atoms with E-state index in [-0.39, 0.29) is 42.9 Å². The van der Waals surface area contributed by atoms with E-state index < -0.39 is 17.4 Å². The molecule has 0 saturated carbocycles. The Morgan fingerprint density at radius 1 is 0.774 bits per heavy atom. The van der Waals surface area contributed by atoms with Gasteiger partial charge < -0.3 is 39.1 Å². The molecule has 62 heavy (non-hydrogen) atoms. The van der Waals surface area contributed by atoms with Crippen LogP contribution in [0.5, 0.6) is 11.5 Å². The molecule has 6 aromatic rings. The highest BCUT2D eigenvalue weighted by molar-refractivity contribution is 6.02. The van der Waals surface area contributed by atoms with Crippen LogP contribution in [0.3, 0.4) is 0 Å². The van der Waals surface area contributed by atoms with Gasteiger partial charge in [-0.3, -0.25) is 9.59 Å². The Bertz CT molecular complexity index is 2460. The lowest BCUT2D eigenvalue weighted by Crippen LogP contribution is -2.24. The van der Waals surface area contributed by atoms with Crippen LogP contribution < -0.4 is 15.4 Å². The third-order valence-electron chi connectivity index (χ3n) is 9.23. The van der Waals surface area contributed by atoms with E-state index in [9.17, 15) is 23.5 Å². The van der Waals surface area contributed by atoms with Crippen LogP contribution in [-0.2, 0) is 32.2 Å². The zero-order valence-electron chi connectivity index (χ0n) is 34.4. The number of amides is 2. The number of halogens is 3. The molecule has 4 aromatic carbocycles. The Hall–Kier alpha value is -6.61. The summed E-state index contributed by atoms with van der Waals surface area (Å²) in [6.45, 7) is 6.63. The van der Waals surface area contributed by atoms with Gasteiger partial charge in [-0.25, -0.2) is 18.7 Å². The van der Waals surface area contributed by atoms with Crippen LogP contribution >= 0.6 is 12.4 Å². The SMILES string of the molecule is Cc1cccc(Cn2cnc(NC(=O)/C=C/c3ccc(F)c(O)c3)c2)c1.Cc1cccc(Cn2cnc(NC(=O)/C=C/c3ccc(F)c(OCCOC4CCCCO4)c3)c2)c1.Cl. The Morgan fingerprint density at radius 3 is 1.87 bits per heavy atom. The fourth-order valence-electron chi connectivity index (χ4n) is 6.29. The lowest BCUT2D eigenvalue weighted by molar-refractivity contribution is -0.165. The molecule has 0 radical (unpaired) electrons. The third-order valence-corrected chi connectivity index (χ3v) is 9.23. The second-order valence-electron chi connectivity index (χ2n) is 14.4. The van der Waals surface area contributed by atoms with E-state index in [0.717, 1.165) is 36.5 Å². The average molecular weight is 867 g/mol. The molecule has 0 bridgehead atoms. The first-order valence-corrected chi connectivity index (χ1v) is 19.8. The second-order valence-corrected chi connectivity index (χ2v) is 14.4. The Morgan fingerprint density at radius 2 is 1.34 bits per heavy atom. The number of hydrogen-bond donors (Lipinski definition) is 3. The van der Waals surface area contributed by atoms with Gasteiger partial charge in [-0.05, 0) is 91.8 Å². The van der Waals surface area contributed by atoms with E-state index in [2.05, 4.69) is 32.7 Å². The number of carbonyl (C=O) groups is 2. The largest absolute Gasteiger partial charge is 0.505 e. The molecule has 1 fully saturated rings. The standard InChI is InChI=1S/C27H30FN3O4.C20H18FN3O2.ClH/c1-20-5-4-6-22(15-20)17-31-18-25(29-19-31)30-26(32)11-9-21-8-10-23(28)24(16-21)33-13-14-35-27-7-2-3-12-34-27;1-14-3-2-4-16(9-14)11-24-12-19(22-13-24)23-20(26)8-6-15-5-7-17(21)18(25)10-15;/h4-6,8-11,15-16,18-19,27H,2-3,7,12-14,17H2,1H3,(H,30,32);2-10,12-13,25H,11H2,1H3,(H,23,26);1H/b11-9+;8-6+;. The number of phenols is 1. The zero-order valence-corrected chi connectivity index (χ0v) is 35.2. The van der Waals surface area contributed by atoms with Crippen LogP contribution in [0.2, 0.25) is 0 Å². The van der Waals surface area contributed by atoms with Crippen LogP contribution in [0.4, 0.5) is 20.4 Å². The molecule has 1 unspecified atom stereocenters. The first kappa shape index (κ1) is 46.5. The van der Waals surface area contributed by atoms with Crippen molar-refractivity contribution in [1.29, 1.82) is 0 Å². The van der Waals surface area contributed by atoms with Crippen molar-refractivity contribution < 1.29 is 37.7 Å². The summed E-state index contributed by atoms with van der Waals surface area (Å²) < 4.78 is 47.5. The Balaban J connectivity index is 0.000000240. The van der Waals surface area contributed by atoms with Crippen LogP contribution in [-0.4, -0.2) is 62.1 Å². The van der Waals surface area contributed by atoms with Gasteiger partial charge in [0.15, 0.2) is 41.1 Å². The number of nitrogens with zero attached hydrogens (tertiary/aromatic N) is 4. The highest BCUT2D eigenvalue weighted by atomic mass is 35.5. The first-order chi connectivity index (χ1) is 29.5. The second kappa shape index (κ2) is 23.4. The highest BCUT2D eigenvalue weighted by Gasteiger charge is 2.14. The van der Waals surface area contributed by atoms with Gasteiger partial charge in [-0.2, -0.15) is 0 Å². The predicted molar refractivity (Wildman–Crippen MR) is 237 cm³/mol. The van der Waals surface area contributed by atoms with Crippen LogP contribution in [0.15, 0.2) is 122 Å². The van der Waals surface area contributed by atoms with Crippen LogP contribution in [0, 0.1) is 25.5 Å². The lowest BCUT2D eigenvalue weighted by atomic mass is 10.1. The number of rotatable bonds is 15. The molecule has 15 heteroatoms. The van der Waals surface area contributed by atoms with E-state index in [4.69, 9.17) is 14.2 Å². The quantitative estimate of drug-likeness (QED) is 0.0686. The number of carbonyl (C=O) groups excluding carboxylic acids is 2. The van der Waals surface area contributed by atoms with Crippen molar-refractivity contribution in [3.63, 3.8) is 0 Å². The summed E-state index contributed by atoms with van der Waals surface area (Å²) in [6, 6.07) is 24.7. The van der Waals surface area contributed by atoms with Gasteiger partial charge in [-0.1, -0.05) is 71.8 Å². The van der Waals surface area contributed by atoms with E-state index in [1.54, 1.807) is 43.3 Å². The van der Waals surface area contributed by atoms with Crippen molar-refractivity contribution in [3.8, 4) is 11.5 Å². The number of phenolic OH excluding ortho intramolecular Hbond substituents is 1. The number of anilines is 2. The number of ether oxygens (including phenoxy) is 3. The number of hydrogen-bond acceptors (Lipinski definition) is 8. The van der Waals surface area contributed by atoms with Crippen molar-refractivity contribution in [3.05, 3.63) is 167 Å². The summed E-state index contributed by atoms with van der Waals surface area (Å²) in [7, 11) is 0. The topological polar surface area (TPSA) is 142 Å². The van der Waals surface area contributed by atoms with Gasteiger partial charge >= 0.3 is 0 Å². The van der Waals surface area contributed by atoms with Gasteiger partial charge in [0.25, 0.3) is 0 Å². The van der Waals surface area contributed by atoms with E-state index in [1.165, 1.54) is 47.6 Å². The number of aryl methyl sites for hydroxylation is 2. The third kappa shape index (κ3) is 15.1.